The van der Waals surface area contributed by atoms with E-state index in [0.717, 1.165) is 25.9 Å². The maximum atomic E-state index is 11.3. The fraction of sp³-hybridized carbons (Fsp3) is 0.533. The summed E-state index contributed by atoms with van der Waals surface area (Å²) in [5, 5.41) is 3.66. The lowest BCUT2D eigenvalue weighted by atomic mass is 10.0. The molecule has 0 aromatic heterocycles. The lowest BCUT2D eigenvalue weighted by Crippen LogP contribution is -2.44. The molecule has 0 bridgehead atoms. The third-order valence-electron chi connectivity index (χ3n) is 3.73. The largest absolute Gasteiger partial charge is 0.343 e. The Kier molecular flexibility index (Phi) is 4.37. The zero-order valence-electron chi connectivity index (χ0n) is 11.2. The molecule has 0 saturated carbocycles. The zero-order valence-corrected chi connectivity index (χ0v) is 11.2. The standard InChI is InChI=1S/C15H22N2O/c1-12(14-6-4-3-5-7-14)16-15-8-10-17(11-9-15)13(2)18/h3-7,12,15-16H,8-11H2,1-2H3. The van der Waals surface area contributed by atoms with Crippen molar-refractivity contribution in [3.05, 3.63) is 35.9 Å². The molecule has 1 atom stereocenters. The maximum absolute atomic E-state index is 11.3. The summed E-state index contributed by atoms with van der Waals surface area (Å²) in [5.41, 5.74) is 1.33. The monoisotopic (exact) mass is 246 g/mol. The normalized spacial score (nSPS) is 18.7. The smallest absolute Gasteiger partial charge is 0.219 e. The van der Waals surface area contributed by atoms with Gasteiger partial charge in [0.2, 0.25) is 5.91 Å². The van der Waals surface area contributed by atoms with E-state index in [1.54, 1.807) is 6.92 Å². The highest BCUT2D eigenvalue weighted by Gasteiger charge is 2.21. The molecule has 1 N–H and O–H groups in total. The molecule has 1 aliphatic heterocycles. The molecule has 1 aliphatic rings. The number of carbonyl (C=O) groups is 1. The second-order valence-corrected chi connectivity index (χ2v) is 5.08. The number of likely N-dealkylation sites (tertiary alicyclic amines) is 1. The Morgan fingerprint density at radius 2 is 1.89 bits per heavy atom. The molecule has 98 valence electrons. The van der Waals surface area contributed by atoms with E-state index in [2.05, 4.69) is 36.5 Å². The molecule has 1 aromatic rings. The van der Waals surface area contributed by atoms with Crippen LogP contribution in [0.25, 0.3) is 0 Å². The quantitative estimate of drug-likeness (QED) is 0.888. The Morgan fingerprint density at radius 1 is 1.28 bits per heavy atom. The molecule has 2 rings (SSSR count). The van der Waals surface area contributed by atoms with Gasteiger partial charge in [0.25, 0.3) is 0 Å². The molecule has 1 unspecified atom stereocenters. The average molecular weight is 246 g/mol. The Bertz CT molecular complexity index is 383. The third kappa shape index (κ3) is 3.33. The first kappa shape index (κ1) is 13.1. The van der Waals surface area contributed by atoms with Crippen molar-refractivity contribution in [1.29, 1.82) is 0 Å². The van der Waals surface area contributed by atoms with Crippen LogP contribution in [0.15, 0.2) is 30.3 Å². The van der Waals surface area contributed by atoms with Gasteiger partial charge < -0.3 is 10.2 Å². The van der Waals surface area contributed by atoms with E-state index in [0.29, 0.717) is 12.1 Å². The van der Waals surface area contributed by atoms with Crippen molar-refractivity contribution in [3.8, 4) is 0 Å². The molecule has 1 saturated heterocycles. The number of nitrogens with one attached hydrogen (secondary N) is 1. The number of hydrogen-bond acceptors (Lipinski definition) is 2. The highest BCUT2D eigenvalue weighted by Crippen LogP contribution is 2.17. The molecule has 18 heavy (non-hydrogen) atoms. The van der Waals surface area contributed by atoms with Gasteiger partial charge in [-0.3, -0.25) is 4.79 Å². The van der Waals surface area contributed by atoms with Crippen LogP contribution in [0.2, 0.25) is 0 Å². The predicted molar refractivity (Wildman–Crippen MR) is 73.3 cm³/mol. The fourth-order valence-corrected chi connectivity index (χ4v) is 2.55. The third-order valence-corrected chi connectivity index (χ3v) is 3.73. The first-order valence-corrected chi connectivity index (χ1v) is 6.73. The predicted octanol–water partition coefficient (Wildman–Crippen LogP) is 2.35. The summed E-state index contributed by atoms with van der Waals surface area (Å²) in [6.45, 7) is 5.62. The molecule has 0 spiro atoms. The molecule has 0 radical (unpaired) electrons. The van der Waals surface area contributed by atoms with Gasteiger partial charge >= 0.3 is 0 Å². The number of benzene rings is 1. The molecule has 3 heteroatoms. The van der Waals surface area contributed by atoms with Crippen LogP contribution in [0.4, 0.5) is 0 Å². The van der Waals surface area contributed by atoms with E-state index in [-0.39, 0.29) is 5.91 Å². The Labute approximate surface area is 109 Å². The first-order valence-electron chi connectivity index (χ1n) is 6.73. The van der Waals surface area contributed by atoms with Crippen molar-refractivity contribution in [3.63, 3.8) is 0 Å². The number of hydrogen-bond donors (Lipinski definition) is 1. The van der Waals surface area contributed by atoms with Crippen LogP contribution in [-0.4, -0.2) is 29.9 Å². The van der Waals surface area contributed by atoms with Crippen LogP contribution >= 0.6 is 0 Å². The van der Waals surface area contributed by atoms with Gasteiger partial charge in [0.15, 0.2) is 0 Å². The average Bonchev–Trinajstić information content (AvgIpc) is 2.40. The first-order chi connectivity index (χ1) is 8.66. The lowest BCUT2D eigenvalue weighted by molar-refractivity contribution is -0.129. The summed E-state index contributed by atoms with van der Waals surface area (Å²) in [4.78, 5) is 13.2. The van der Waals surface area contributed by atoms with Gasteiger partial charge in [0.1, 0.15) is 0 Å². The number of piperidine rings is 1. The van der Waals surface area contributed by atoms with Crippen LogP contribution in [0, 0.1) is 0 Å². The Hall–Kier alpha value is -1.35. The summed E-state index contributed by atoms with van der Waals surface area (Å²) < 4.78 is 0. The van der Waals surface area contributed by atoms with E-state index < -0.39 is 0 Å². The number of nitrogens with zero attached hydrogens (tertiary/aromatic N) is 1. The maximum Gasteiger partial charge on any atom is 0.219 e. The van der Waals surface area contributed by atoms with Crippen molar-refractivity contribution in [2.24, 2.45) is 0 Å². The molecule has 0 aliphatic carbocycles. The van der Waals surface area contributed by atoms with E-state index in [1.807, 2.05) is 11.0 Å². The molecule has 3 nitrogen and oxygen atoms in total. The Balaban J connectivity index is 1.83. The lowest BCUT2D eigenvalue weighted by Gasteiger charge is -2.33. The van der Waals surface area contributed by atoms with E-state index >= 15 is 0 Å². The SMILES string of the molecule is CC(=O)N1CCC(NC(C)c2ccccc2)CC1. The van der Waals surface area contributed by atoms with E-state index in [9.17, 15) is 4.79 Å². The number of amides is 1. The minimum Gasteiger partial charge on any atom is -0.343 e. The second kappa shape index (κ2) is 6.01. The van der Waals surface area contributed by atoms with Crippen molar-refractivity contribution in [1.82, 2.24) is 10.2 Å². The number of rotatable bonds is 3. The molecular weight excluding hydrogens is 224 g/mol. The zero-order chi connectivity index (χ0) is 13.0. The van der Waals surface area contributed by atoms with Gasteiger partial charge in [-0.25, -0.2) is 0 Å². The van der Waals surface area contributed by atoms with Gasteiger partial charge in [-0.2, -0.15) is 0 Å². The highest BCUT2D eigenvalue weighted by molar-refractivity contribution is 5.73. The van der Waals surface area contributed by atoms with Crippen LogP contribution in [0.1, 0.15) is 38.3 Å². The molecular formula is C15H22N2O. The number of carbonyl (C=O) groups excluding carboxylic acids is 1. The van der Waals surface area contributed by atoms with Crippen molar-refractivity contribution in [2.45, 2.75) is 38.8 Å². The molecule has 1 fully saturated rings. The Morgan fingerprint density at radius 3 is 2.44 bits per heavy atom. The van der Waals surface area contributed by atoms with E-state index in [4.69, 9.17) is 0 Å². The molecule has 1 aromatic carbocycles. The molecule has 1 heterocycles. The van der Waals surface area contributed by atoms with Crippen molar-refractivity contribution >= 4 is 5.91 Å². The minimum atomic E-state index is 0.199. The second-order valence-electron chi connectivity index (χ2n) is 5.08. The van der Waals surface area contributed by atoms with Crippen LogP contribution in [0.5, 0.6) is 0 Å². The van der Waals surface area contributed by atoms with Crippen molar-refractivity contribution < 1.29 is 4.79 Å². The van der Waals surface area contributed by atoms with Gasteiger partial charge in [-0.15, -0.1) is 0 Å². The van der Waals surface area contributed by atoms with Crippen LogP contribution in [0.3, 0.4) is 0 Å². The van der Waals surface area contributed by atoms with Gasteiger partial charge in [-0.1, -0.05) is 30.3 Å². The minimum absolute atomic E-state index is 0.199. The topological polar surface area (TPSA) is 32.3 Å². The summed E-state index contributed by atoms with van der Waals surface area (Å²) in [6, 6.07) is 11.4. The highest BCUT2D eigenvalue weighted by atomic mass is 16.2. The summed E-state index contributed by atoms with van der Waals surface area (Å²) in [7, 11) is 0. The summed E-state index contributed by atoms with van der Waals surface area (Å²) in [5.74, 6) is 0.199. The van der Waals surface area contributed by atoms with Crippen LogP contribution in [-0.2, 0) is 4.79 Å². The van der Waals surface area contributed by atoms with Gasteiger partial charge in [-0.05, 0) is 25.3 Å². The van der Waals surface area contributed by atoms with Gasteiger partial charge in [0, 0.05) is 32.1 Å². The van der Waals surface area contributed by atoms with Crippen molar-refractivity contribution in [2.75, 3.05) is 13.1 Å². The summed E-state index contributed by atoms with van der Waals surface area (Å²) in [6.07, 6.45) is 2.10. The summed E-state index contributed by atoms with van der Waals surface area (Å²) >= 11 is 0. The van der Waals surface area contributed by atoms with Crippen LogP contribution < -0.4 is 5.32 Å². The van der Waals surface area contributed by atoms with E-state index in [1.165, 1.54) is 5.56 Å². The fourth-order valence-electron chi connectivity index (χ4n) is 2.55. The van der Waals surface area contributed by atoms with Gasteiger partial charge in [0.05, 0.1) is 0 Å². The molecule has 1 amide bonds.